The number of hydrogen-bond acceptors (Lipinski definition) is 3. The van der Waals surface area contributed by atoms with Gasteiger partial charge in [0, 0.05) is 5.69 Å². The lowest BCUT2D eigenvalue weighted by molar-refractivity contribution is -0.0143. The van der Waals surface area contributed by atoms with Gasteiger partial charge in [-0.2, -0.15) is 0 Å². The Morgan fingerprint density at radius 2 is 1.64 bits per heavy atom. The summed E-state index contributed by atoms with van der Waals surface area (Å²) < 4.78 is 0. The van der Waals surface area contributed by atoms with E-state index in [2.05, 4.69) is 10.8 Å². The summed E-state index contributed by atoms with van der Waals surface area (Å²) >= 11 is 0. The van der Waals surface area contributed by atoms with Gasteiger partial charge in [-0.1, -0.05) is 62.4 Å². The minimum absolute atomic E-state index is 0.143. The molecule has 4 heteroatoms. The van der Waals surface area contributed by atoms with Crippen LogP contribution in [0.2, 0.25) is 0 Å². The molecule has 2 atom stereocenters. The Balaban J connectivity index is 1.27. The van der Waals surface area contributed by atoms with Gasteiger partial charge in [-0.05, 0) is 55.4 Å². The van der Waals surface area contributed by atoms with Crippen molar-refractivity contribution in [1.29, 1.82) is 0 Å². The molecule has 0 bridgehead atoms. The number of amides is 1. The Bertz CT molecular complexity index is 773. The highest BCUT2D eigenvalue weighted by Crippen LogP contribution is 2.36. The van der Waals surface area contributed by atoms with Crippen LogP contribution in [0.3, 0.4) is 0 Å². The zero-order valence-corrected chi connectivity index (χ0v) is 16.4. The Hall–Kier alpha value is -2.33. The Morgan fingerprint density at radius 3 is 2.43 bits per heavy atom. The highest BCUT2D eigenvalue weighted by Gasteiger charge is 2.28. The van der Waals surface area contributed by atoms with Crippen molar-refractivity contribution >= 4 is 17.3 Å². The fourth-order valence-corrected chi connectivity index (χ4v) is 4.31. The van der Waals surface area contributed by atoms with E-state index < -0.39 is 0 Å². The van der Waals surface area contributed by atoms with E-state index in [1.807, 2.05) is 54.6 Å². The molecule has 2 saturated carbocycles. The van der Waals surface area contributed by atoms with Crippen LogP contribution in [0.15, 0.2) is 54.6 Å². The zero-order chi connectivity index (χ0) is 19.2. The van der Waals surface area contributed by atoms with Crippen molar-refractivity contribution in [1.82, 2.24) is 5.48 Å². The van der Waals surface area contributed by atoms with Crippen molar-refractivity contribution < 1.29 is 9.63 Å². The summed E-state index contributed by atoms with van der Waals surface area (Å²) in [6, 6.07) is 17.4. The number of anilines is 2. The smallest absolute Gasteiger partial charge is 0.276 e. The summed E-state index contributed by atoms with van der Waals surface area (Å²) in [7, 11) is 0. The second-order valence-corrected chi connectivity index (χ2v) is 8.26. The highest BCUT2D eigenvalue weighted by molar-refractivity contribution is 5.99. The molecule has 2 aromatic rings. The van der Waals surface area contributed by atoms with Crippen LogP contribution in [0.5, 0.6) is 0 Å². The van der Waals surface area contributed by atoms with Gasteiger partial charge in [0.25, 0.3) is 5.91 Å². The maximum absolute atomic E-state index is 12.7. The summed E-state index contributed by atoms with van der Waals surface area (Å²) in [6.07, 6.45) is 10.5. The Labute approximate surface area is 167 Å². The predicted molar refractivity (Wildman–Crippen MR) is 112 cm³/mol. The first-order valence-corrected chi connectivity index (χ1v) is 10.6. The van der Waals surface area contributed by atoms with Crippen molar-refractivity contribution in [3.63, 3.8) is 0 Å². The third-order valence-electron chi connectivity index (χ3n) is 6.24. The molecule has 28 heavy (non-hydrogen) atoms. The molecule has 0 saturated heterocycles. The average molecular weight is 379 g/mol. The second kappa shape index (κ2) is 9.24. The van der Waals surface area contributed by atoms with Crippen LogP contribution in [0.4, 0.5) is 11.4 Å². The summed E-state index contributed by atoms with van der Waals surface area (Å²) in [5.74, 6) is 1.54. The van der Waals surface area contributed by atoms with Crippen molar-refractivity contribution in [3.05, 3.63) is 60.2 Å². The Morgan fingerprint density at radius 1 is 0.893 bits per heavy atom. The molecule has 0 aliphatic heterocycles. The van der Waals surface area contributed by atoms with E-state index in [1.165, 1.54) is 38.5 Å². The third-order valence-corrected chi connectivity index (χ3v) is 6.24. The van der Waals surface area contributed by atoms with Gasteiger partial charge in [-0.3, -0.25) is 9.63 Å². The molecular weight excluding hydrogens is 348 g/mol. The van der Waals surface area contributed by atoms with Gasteiger partial charge < -0.3 is 5.32 Å². The largest absolute Gasteiger partial charge is 0.355 e. The van der Waals surface area contributed by atoms with Crippen LogP contribution in [0, 0.1) is 11.8 Å². The molecule has 0 spiro atoms. The lowest BCUT2D eigenvalue weighted by atomic mass is 9.80. The van der Waals surface area contributed by atoms with Crippen molar-refractivity contribution in [2.24, 2.45) is 11.8 Å². The normalized spacial score (nSPS) is 21.9. The van der Waals surface area contributed by atoms with Crippen LogP contribution in [-0.4, -0.2) is 12.0 Å². The van der Waals surface area contributed by atoms with Crippen LogP contribution in [0.1, 0.15) is 61.7 Å². The molecule has 0 aromatic heterocycles. The first kappa shape index (κ1) is 19.0. The average Bonchev–Trinajstić information content (AvgIpc) is 3.14. The number of carbonyl (C=O) groups excluding carboxylic acids is 1. The molecule has 0 radical (unpaired) electrons. The summed E-state index contributed by atoms with van der Waals surface area (Å²) in [5.41, 5.74) is 5.01. The fraction of sp³-hybridized carbons (Fsp3) is 0.458. The number of benzene rings is 2. The third kappa shape index (κ3) is 4.93. The minimum Gasteiger partial charge on any atom is -0.355 e. The predicted octanol–water partition coefficient (Wildman–Crippen LogP) is 5.84. The molecule has 2 aromatic carbocycles. The lowest BCUT2D eigenvalue weighted by Gasteiger charge is -2.26. The van der Waals surface area contributed by atoms with E-state index in [1.54, 1.807) is 0 Å². The number of para-hydroxylation sites is 2. The van der Waals surface area contributed by atoms with Gasteiger partial charge in [-0.15, -0.1) is 0 Å². The summed E-state index contributed by atoms with van der Waals surface area (Å²) in [4.78, 5) is 18.5. The van der Waals surface area contributed by atoms with E-state index >= 15 is 0 Å². The molecule has 2 N–H and O–H groups in total. The second-order valence-electron chi connectivity index (χ2n) is 8.26. The first-order valence-electron chi connectivity index (χ1n) is 10.6. The van der Waals surface area contributed by atoms with Gasteiger partial charge in [0.15, 0.2) is 0 Å². The molecule has 2 fully saturated rings. The van der Waals surface area contributed by atoms with Crippen molar-refractivity contribution in [3.8, 4) is 0 Å². The lowest BCUT2D eigenvalue weighted by Crippen LogP contribution is -2.29. The molecule has 148 valence electrons. The maximum Gasteiger partial charge on any atom is 0.276 e. The summed E-state index contributed by atoms with van der Waals surface area (Å²) in [5, 5.41) is 3.31. The quantitative estimate of drug-likeness (QED) is 0.567. The van der Waals surface area contributed by atoms with Gasteiger partial charge in [0.05, 0.1) is 17.4 Å². The van der Waals surface area contributed by atoms with Crippen LogP contribution in [0.25, 0.3) is 0 Å². The monoisotopic (exact) mass is 378 g/mol. The van der Waals surface area contributed by atoms with Crippen LogP contribution in [-0.2, 0) is 4.84 Å². The van der Waals surface area contributed by atoms with E-state index in [4.69, 9.17) is 4.84 Å². The molecule has 0 heterocycles. The number of nitrogens with one attached hydrogen (secondary N) is 2. The molecule has 4 nitrogen and oxygen atoms in total. The molecular formula is C24H30N2O2. The van der Waals surface area contributed by atoms with Gasteiger partial charge in [0.1, 0.15) is 0 Å². The number of hydroxylamine groups is 1. The van der Waals surface area contributed by atoms with E-state index in [0.717, 1.165) is 36.1 Å². The maximum atomic E-state index is 12.7. The van der Waals surface area contributed by atoms with E-state index in [-0.39, 0.29) is 12.0 Å². The van der Waals surface area contributed by atoms with Crippen LogP contribution >= 0.6 is 0 Å². The van der Waals surface area contributed by atoms with Gasteiger partial charge >= 0.3 is 0 Å². The standard InChI is InChI=1S/C24H30N2O2/c27-24(22-11-4-5-12-23(22)25-20-9-2-1-3-10-20)26-28-21-16-15-19(17-21)14-13-18-7-6-8-18/h1-5,9-12,18-19,21,25H,6-8,13-17H2,(H,26,27). The first-order chi connectivity index (χ1) is 13.8. The molecule has 2 aliphatic carbocycles. The van der Waals surface area contributed by atoms with E-state index in [9.17, 15) is 4.79 Å². The van der Waals surface area contributed by atoms with Crippen molar-refractivity contribution in [2.75, 3.05) is 5.32 Å². The topological polar surface area (TPSA) is 50.4 Å². The highest BCUT2D eigenvalue weighted by atomic mass is 16.7. The molecule has 2 aliphatic rings. The van der Waals surface area contributed by atoms with Crippen molar-refractivity contribution in [2.45, 2.75) is 57.5 Å². The number of carbonyl (C=O) groups is 1. The van der Waals surface area contributed by atoms with Gasteiger partial charge in [-0.25, -0.2) is 5.48 Å². The SMILES string of the molecule is O=C(NOC1CCC(CCC2CCC2)C1)c1ccccc1Nc1ccccc1. The van der Waals surface area contributed by atoms with Gasteiger partial charge in [0.2, 0.25) is 0 Å². The summed E-state index contributed by atoms with van der Waals surface area (Å²) in [6.45, 7) is 0. The molecule has 4 rings (SSSR count). The minimum atomic E-state index is -0.197. The Kier molecular flexibility index (Phi) is 6.27. The van der Waals surface area contributed by atoms with E-state index in [0.29, 0.717) is 5.56 Å². The number of rotatable bonds is 8. The molecule has 1 amide bonds. The fourth-order valence-electron chi connectivity index (χ4n) is 4.31. The number of hydrogen-bond donors (Lipinski definition) is 2. The molecule has 2 unspecified atom stereocenters. The zero-order valence-electron chi connectivity index (χ0n) is 16.4. The van der Waals surface area contributed by atoms with Crippen LogP contribution < -0.4 is 10.8 Å².